The second-order valence-corrected chi connectivity index (χ2v) is 5.67. The van der Waals surface area contributed by atoms with Crippen LogP contribution in [0, 0.1) is 6.92 Å². The van der Waals surface area contributed by atoms with Crippen molar-refractivity contribution in [1.82, 2.24) is 9.97 Å². The van der Waals surface area contributed by atoms with Crippen molar-refractivity contribution in [1.29, 1.82) is 0 Å². The van der Waals surface area contributed by atoms with Crippen LogP contribution in [0.2, 0.25) is 0 Å². The molecule has 0 saturated carbocycles. The molecule has 0 fully saturated rings. The molecule has 0 aliphatic rings. The van der Waals surface area contributed by atoms with Gasteiger partial charge in [0, 0.05) is 29.3 Å². The van der Waals surface area contributed by atoms with E-state index in [0.717, 1.165) is 18.1 Å². The molecular weight excluding hydrogens is 244 g/mol. The molecule has 96 valence electrons. The normalized spacial score (nSPS) is 12.2. The van der Waals surface area contributed by atoms with Crippen molar-refractivity contribution in [2.75, 3.05) is 17.7 Å². The molecule has 0 aromatic carbocycles. The Bertz CT molecular complexity index is 509. The average Bonchev–Trinajstić information content (AvgIpc) is 2.74. The monoisotopic (exact) mass is 262 g/mol. The number of thiophene rings is 1. The van der Waals surface area contributed by atoms with Crippen molar-refractivity contribution in [2.24, 2.45) is 0 Å². The van der Waals surface area contributed by atoms with Gasteiger partial charge in [0.05, 0.1) is 12.4 Å². The van der Waals surface area contributed by atoms with Crippen molar-refractivity contribution >= 4 is 23.0 Å². The molecule has 4 nitrogen and oxygen atoms in total. The third-order valence-electron chi connectivity index (χ3n) is 2.59. The second-order valence-electron chi connectivity index (χ2n) is 4.30. The number of anilines is 2. The molecule has 2 heterocycles. The number of aromatic nitrogens is 2. The Balaban J connectivity index is 1.96. The van der Waals surface area contributed by atoms with Gasteiger partial charge < -0.3 is 10.6 Å². The summed E-state index contributed by atoms with van der Waals surface area (Å²) >= 11 is 1.85. The number of nitrogens with one attached hydrogen (secondary N) is 2. The maximum Gasteiger partial charge on any atom is 0.147 e. The highest BCUT2D eigenvalue weighted by Crippen LogP contribution is 2.18. The van der Waals surface area contributed by atoms with Gasteiger partial charge in [0.1, 0.15) is 11.6 Å². The van der Waals surface area contributed by atoms with Crippen LogP contribution in [0.3, 0.4) is 0 Å². The largest absolute Gasteiger partial charge is 0.372 e. The molecule has 2 rings (SSSR count). The van der Waals surface area contributed by atoms with Crippen LogP contribution < -0.4 is 10.6 Å². The maximum absolute atomic E-state index is 4.40. The first-order chi connectivity index (χ1) is 8.67. The first kappa shape index (κ1) is 12.8. The van der Waals surface area contributed by atoms with E-state index in [-0.39, 0.29) is 0 Å². The van der Waals surface area contributed by atoms with Crippen LogP contribution in [0.5, 0.6) is 0 Å². The van der Waals surface area contributed by atoms with E-state index in [4.69, 9.17) is 0 Å². The Labute approximate surface area is 111 Å². The molecular formula is C13H18N4S. The van der Waals surface area contributed by atoms with Gasteiger partial charge in [-0.2, -0.15) is 0 Å². The first-order valence-corrected chi connectivity index (χ1v) is 6.80. The molecule has 0 amide bonds. The van der Waals surface area contributed by atoms with Crippen LogP contribution in [0.25, 0.3) is 0 Å². The van der Waals surface area contributed by atoms with Gasteiger partial charge in [0.2, 0.25) is 0 Å². The molecule has 2 aromatic heterocycles. The first-order valence-electron chi connectivity index (χ1n) is 5.99. The minimum atomic E-state index is 0.337. The number of aryl methyl sites for hydroxylation is 1. The lowest BCUT2D eigenvalue weighted by Crippen LogP contribution is -2.18. The number of hydrogen-bond donors (Lipinski definition) is 2. The minimum Gasteiger partial charge on any atom is -0.372 e. The lowest BCUT2D eigenvalue weighted by Gasteiger charge is -2.13. The van der Waals surface area contributed by atoms with Gasteiger partial charge in [-0.3, -0.25) is 4.98 Å². The summed E-state index contributed by atoms with van der Waals surface area (Å²) in [6.45, 7) is 4.29. The highest BCUT2D eigenvalue weighted by molar-refractivity contribution is 7.11. The van der Waals surface area contributed by atoms with Crippen molar-refractivity contribution < 1.29 is 0 Å². The van der Waals surface area contributed by atoms with E-state index in [1.165, 1.54) is 9.75 Å². The molecule has 1 unspecified atom stereocenters. The lowest BCUT2D eigenvalue weighted by molar-refractivity contribution is 0.793. The van der Waals surface area contributed by atoms with Crippen LogP contribution in [-0.2, 0) is 6.42 Å². The Morgan fingerprint density at radius 3 is 2.72 bits per heavy atom. The molecule has 0 bridgehead atoms. The van der Waals surface area contributed by atoms with Crippen LogP contribution >= 0.6 is 11.3 Å². The minimum absolute atomic E-state index is 0.337. The zero-order valence-electron chi connectivity index (χ0n) is 10.9. The Hall–Kier alpha value is -1.62. The summed E-state index contributed by atoms with van der Waals surface area (Å²) in [6, 6.07) is 4.69. The number of rotatable bonds is 5. The van der Waals surface area contributed by atoms with Crippen molar-refractivity contribution in [3.8, 4) is 0 Å². The van der Waals surface area contributed by atoms with Gasteiger partial charge in [0.25, 0.3) is 0 Å². The van der Waals surface area contributed by atoms with Crippen LogP contribution in [0.15, 0.2) is 24.5 Å². The molecule has 2 aromatic rings. The van der Waals surface area contributed by atoms with Gasteiger partial charge in [-0.15, -0.1) is 11.3 Å². The topological polar surface area (TPSA) is 49.8 Å². The van der Waals surface area contributed by atoms with E-state index in [2.05, 4.69) is 46.6 Å². The molecule has 0 saturated heterocycles. The summed E-state index contributed by atoms with van der Waals surface area (Å²) in [6.07, 6.45) is 4.46. The molecule has 0 spiro atoms. The van der Waals surface area contributed by atoms with Crippen molar-refractivity contribution in [3.63, 3.8) is 0 Å². The summed E-state index contributed by atoms with van der Waals surface area (Å²) in [4.78, 5) is 11.3. The maximum atomic E-state index is 4.40. The molecule has 2 N–H and O–H groups in total. The van der Waals surface area contributed by atoms with Gasteiger partial charge in [-0.25, -0.2) is 4.98 Å². The SMILES string of the molecule is CNc1cncc(NC(C)Cc2ccc(C)s2)n1. The van der Waals surface area contributed by atoms with Crippen molar-refractivity contribution in [3.05, 3.63) is 34.3 Å². The molecule has 0 aliphatic heterocycles. The molecule has 18 heavy (non-hydrogen) atoms. The smallest absolute Gasteiger partial charge is 0.147 e. The lowest BCUT2D eigenvalue weighted by atomic mass is 10.2. The van der Waals surface area contributed by atoms with Gasteiger partial charge in [0.15, 0.2) is 0 Å². The summed E-state index contributed by atoms with van der Waals surface area (Å²) in [5.74, 6) is 1.58. The number of nitrogens with zero attached hydrogens (tertiary/aromatic N) is 2. The van der Waals surface area contributed by atoms with E-state index in [1.54, 1.807) is 12.4 Å². The molecule has 0 radical (unpaired) electrons. The summed E-state index contributed by atoms with van der Waals surface area (Å²) in [5.41, 5.74) is 0. The fourth-order valence-corrected chi connectivity index (χ4v) is 2.78. The quantitative estimate of drug-likeness (QED) is 0.870. The van der Waals surface area contributed by atoms with E-state index < -0.39 is 0 Å². The fourth-order valence-electron chi connectivity index (χ4n) is 1.76. The zero-order valence-corrected chi connectivity index (χ0v) is 11.7. The predicted molar refractivity (Wildman–Crippen MR) is 77.4 cm³/mol. The van der Waals surface area contributed by atoms with Crippen molar-refractivity contribution in [2.45, 2.75) is 26.3 Å². The molecule has 0 aliphatic carbocycles. The molecule has 1 atom stereocenters. The van der Waals surface area contributed by atoms with Gasteiger partial charge in [-0.1, -0.05) is 0 Å². The van der Waals surface area contributed by atoms with Crippen LogP contribution in [0.4, 0.5) is 11.6 Å². The fraction of sp³-hybridized carbons (Fsp3) is 0.385. The Morgan fingerprint density at radius 1 is 1.28 bits per heavy atom. The summed E-state index contributed by atoms with van der Waals surface area (Å²) in [5, 5.41) is 6.35. The molecule has 5 heteroatoms. The van der Waals surface area contributed by atoms with E-state index in [0.29, 0.717) is 6.04 Å². The van der Waals surface area contributed by atoms with E-state index in [1.807, 2.05) is 18.4 Å². The van der Waals surface area contributed by atoms with Gasteiger partial charge in [-0.05, 0) is 26.0 Å². The van der Waals surface area contributed by atoms with Crippen LogP contribution in [0.1, 0.15) is 16.7 Å². The van der Waals surface area contributed by atoms with E-state index >= 15 is 0 Å². The highest BCUT2D eigenvalue weighted by Gasteiger charge is 2.06. The predicted octanol–water partition coefficient (Wildman–Crippen LogP) is 2.93. The zero-order chi connectivity index (χ0) is 13.0. The third kappa shape index (κ3) is 3.43. The Kier molecular flexibility index (Phi) is 4.15. The summed E-state index contributed by atoms with van der Waals surface area (Å²) < 4.78 is 0. The van der Waals surface area contributed by atoms with E-state index in [9.17, 15) is 0 Å². The standard InChI is InChI=1S/C13H18N4S/c1-9(6-11-5-4-10(2)18-11)16-13-8-15-7-12(14-3)17-13/h4-5,7-9H,6H2,1-3H3,(H2,14,16,17). The second kappa shape index (κ2) is 5.82. The van der Waals surface area contributed by atoms with Gasteiger partial charge >= 0.3 is 0 Å². The third-order valence-corrected chi connectivity index (χ3v) is 3.61. The number of hydrogen-bond acceptors (Lipinski definition) is 5. The Morgan fingerprint density at radius 2 is 2.06 bits per heavy atom. The average molecular weight is 262 g/mol. The highest BCUT2D eigenvalue weighted by atomic mass is 32.1. The summed E-state index contributed by atoms with van der Waals surface area (Å²) in [7, 11) is 1.84. The van der Waals surface area contributed by atoms with Crippen LogP contribution in [-0.4, -0.2) is 23.1 Å².